The minimum absolute atomic E-state index is 0.135. The lowest BCUT2D eigenvalue weighted by Crippen LogP contribution is -2.38. The molecule has 1 aromatic heterocycles. The summed E-state index contributed by atoms with van der Waals surface area (Å²) in [7, 11) is 5.94. The Bertz CT molecular complexity index is 1200. The number of benzene rings is 2. The summed E-state index contributed by atoms with van der Waals surface area (Å²) in [4.78, 5) is 23.8. The molecule has 8 heteroatoms. The Labute approximate surface area is 219 Å². The highest BCUT2D eigenvalue weighted by molar-refractivity contribution is 5.96. The molecular weight excluding hydrogens is 468 g/mol. The second kappa shape index (κ2) is 12.6. The molecule has 0 N–H and O–H groups in total. The Hall–Kier alpha value is -3.62. The molecular formula is C29H36N4O4. The molecule has 1 aliphatic rings. The highest BCUT2D eigenvalue weighted by Gasteiger charge is 2.21. The number of likely N-dealkylation sites (N-methyl/N-ethyl adjacent to an activating group) is 1. The van der Waals surface area contributed by atoms with Gasteiger partial charge in [-0.2, -0.15) is 0 Å². The minimum Gasteiger partial charge on any atom is -0.494 e. The van der Waals surface area contributed by atoms with Crippen LogP contribution in [0.5, 0.6) is 23.1 Å². The number of pyridine rings is 1. The van der Waals surface area contributed by atoms with Crippen molar-refractivity contribution in [3.8, 4) is 23.1 Å². The lowest BCUT2D eigenvalue weighted by atomic mass is 10.1. The highest BCUT2D eigenvalue weighted by atomic mass is 16.5. The Morgan fingerprint density at radius 3 is 2.62 bits per heavy atom. The number of hydrogen-bond acceptors (Lipinski definition) is 7. The summed E-state index contributed by atoms with van der Waals surface area (Å²) in [5, 5.41) is 0. The molecule has 196 valence electrons. The number of ether oxygens (including phenoxy) is 3. The number of carbonyl (C=O) groups is 1. The molecule has 0 saturated heterocycles. The predicted octanol–water partition coefficient (Wildman–Crippen LogP) is 4.30. The smallest absolute Gasteiger partial charge is 0.259 e. The first-order valence-corrected chi connectivity index (χ1v) is 12.7. The summed E-state index contributed by atoms with van der Waals surface area (Å²) in [6, 6.07) is 17.3. The third kappa shape index (κ3) is 6.99. The second-order valence-electron chi connectivity index (χ2n) is 9.37. The van der Waals surface area contributed by atoms with Crippen LogP contribution in [-0.2, 0) is 13.1 Å². The molecule has 37 heavy (non-hydrogen) atoms. The maximum Gasteiger partial charge on any atom is 0.259 e. The SMILES string of the molecule is CCOc1ccc(CN(C)C)cc1CN1CCOc2ccccc2Oc2ncccc2C(=O)N(C)CC1. The van der Waals surface area contributed by atoms with Crippen molar-refractivity contribution in [1.82, 2.24) is 19.7 Å². The van der Waals surface area contributed by atoms with Gasteiger partial charge in [-0.05, 0) is 63.0 Å². The van der Waals surface area contributed by atoms with Crippen LogP contribution in [0.4, 0.5) is 0 Å². The Balaban J connectivity index is 1.62. The summed E-state index contributed by atoms with van der Waals surface area (Å²) in [5.41, 5.74) is 2.77. The fraction of sp³-hybridized carbons (Fsp3) is 0.379. The summed E-state index contributed by atoms with van der Waals surface area (Å²) >= 11 is 0. The van der Waals surface area contributed by atoms with Gasteiger partial charge in [0.05, 0.1) is 6.61 Å². The summed E-state index contributed by atoms with van der Waals surface area (Å²) in [5.74, 6) is 2.16. The van der Waals surface area contributed by atoms with Crippen molar-refractivity contribution in [3.05, 3.63) is 77.5 Å². The Kier molecular flexibility index (Phi) is 8.98. The van der Waals surface area contributed by atoms with Crippen molar-refractivity contribution in [2.24, 2.45) is 0 Å². The number of carbonyl (C=O) groups excluding carboxylic acids is 1. The Morgan fingerprint density at radius 1 is 1.03 bits per heavy atom. The lowest BCUT2D eigenvalue weighted by Gasteiger charge is -2.26. The van der Waals surface area contributed by atoms with E-state index >= 15 is 0 Å². The van der Waals surface area contributed by atoms with E-state index in [1.54, 1.807) is 23.2 Å². The second-order valence-corrected chi connectivity index (χ2v) is 9.37. The molecule has 0 aliphatic carbocycles. The van der Waals surface area contributed by atoms with Crippen LogP contribution in [-0.4, -0.2) is 79.6 Å². The normalized spacial score (nSPS) is 14.9. The summed E-state index contributed by atoms with van der Waals surface area (Å²) < 4.78 is 18.2. The number of amides is 1. The highest BCUT2D eigenvalue weighted by Crippen LogP contribution is 2.32. The van der Waals surface area contributed by atoms with Crippen LogP contribution in [0.15, 0.2) is 60.8 Å². The zero-order chi connectivity index (χ0) is 26.2. The van der Waals surface area contributed by atoms with Crippen LogP contribution in [0.25, 0.3) is 0 Å². The topological polar surface area (TPSA) is 67.4 Å². The van der Waals surface area contributed by atoms with Crippen LogP contribution in [0, 0.1) is 0 Å². The van der Waals surface area contributed by atoms with Crippen molar-refractivity contribution in [1.29, 1.82) is 0 Å². The average Bonchev–Trinajstić information content (AvgIpc) is 2.89. The molecule has 4 rings (SSSR count). The first kappa shape index (κ1) is 26.4. The van der Waals surface area contributed by atoms with E-state index in [2.05, 4.69) is 47.1 Å². The van der Waals surface area contributed by atoms with Gasteiger partial charge in [0.25, 0.3) is 5.91 Å². The molecule has 2 heterocycles. The maximum atomic E-state index is 13.3. The van der Waals surface area contributed by atoms with Gasteiger partial charge in [0, 0.05) is 51.5 Å². The third-order valence-electron chi connectivity index (χ3n) is 6.14. The first-order chi connectivity index (χ1) is 17.9. The monoisotopic (exact) mass is 504 g/mol. The van der Waals surface area contributed by atoms with E-state index in [1.165, 1.54) is 5.56 Å². The van der Waals surface area contributed by atoms with Gasteiger partial charge in [0.2, 0.25) is 5.88 Å². The molecule has 0 fully saturated rings. The van der Waals surface area contributed by atoms with Crippen molar-refractivity contribution >= 4 is 5.91 Å². The molecule has 1 aliphatic heterocycles. The molecule has 0 bridgehead atoms. The third-order valence-corrected chi connectivity index (χ3v) is 6.14. The van der Waals surface area contributed by atoms with Gasteiger partial charge in [-0.1, -0.05) is 18.2 Å². The zero-order valence-electron chi connectivity index (χ0n) is 22.1. The predicted molar refractivity (Wildman–Crippen MR) is 143 cm³/mol. The largest absolute Gasteiger partial charge is 0.494 e. The van der Waals surface area contributed by atoms with Crippen molar-refractivity contribution in [2.45, 2.75) is 20.0 Å². The fourth-order valence-corrected chi connectivity index (χ4v) is 4.30. The standard InChI is InChI=1S/C29H36N4O4/c1-5-35-25-13-12-22(20-31(2)3)19-23(25)21-33-16-15-32(4)29(34)24-9-8-14-30-28(24)37-27-11-7-6-10-26(27)36-18-17-33/h6-14,19H,5,15-18,20-21H2,1-4H3. The fourth-order valence-electron chi connectivity index (χ4n) is 4.30. The minimum atomic E-state index is -0.135. The van der Waals surface area contributed by atoms with Crippen LogP contribution in [0.1, 0.15) is 28.4 Å². The number of nitrogens with zero attached hydrogens (tertiary/aromatic N) is 4. The average molecular weight is 505 g/mol. The van der Waals surface area contributed by atoms with E-state index in [0.717, 1.165) is 17.9 Å². The lowest BCUT2D eigenvalue weighted by molar-refractivity contribution is 0.0770. The van der Waals surface area contributed by atoms with E-state index in [9.17, 15) is 4.79 Å². The number of hydrogen-bond donors (Lipinski definition) is 0. The van der Waals surface area contributed by atoms with Crippen LogP contribution >= 0.6 is 0 Å². The molecule has 3 aromatic rings. The molecule has 8 nitrogen and oxygen atoms in total. The van der Waals surface area contributed by atoms with E-state index < -0.39 is 0 Å². The van der Waals surface area contributed by atoms with E-state index in [0.29, 0.717) is 56.5 Å². The van der Waals surface area contributed by atoms with E-state index in [-0.39, 0.29) is 11.8 Å². The van der Waals surface area contributed by atoms with Gasteiger partial charge < -0.3 is 24.0 Å². The van der Waals surface area contributed by atoms with Crippen LogP contribution < -0.4 is 14.2 Å². The first-order valence-electron chi connectivity index (χ1n) is 12.7. The van der Waals surface area contributed by atoms with Gasteiger partial charge in [0.15, 0.2) is 11.5 Å². The molecule has 2 aromatic carbocycles. The quantitative estimate of drug-likeness (QED) is 0.496. The summed E-state index contributed by atoms with van der Waals surface area (Å²) in [6.07, 6.45) is 1.62. The summed E-state index contributed by atoms with van der Waals surface area (Å²) in [6.45, 7) is 6.48. The number of rotatable bonds is 6. The van der Waals surface area contributed by atoms with Gasteiger partial charge >= 0.3 is 0 Å². The maximum absolute atomic E-state index is 13.3. The van der Waals surface area contributed by atoms with Gasteiger partial charge in [-0.25, -0.2) is 4.98 Å². The van der Waals surface area contributed by atoms with Crippen molar-refractivity contribution in [3.63, 3.8) is 0 Å². The number of para-hydroxylation sites is 2. The molecule has 0 spiro atoms. The molecule has 0 unspecified atom stereocenters. The van der Waals surface area contributed by atoms with E-state index in [4.69, 9.17) is 14.2 Å². The van der Waals surface area contributed by atoms with Gasteiger partial charge in [0.1, 0.15) is 17.9 Å². The number of fused-ring (bicyclic) bond motifs is 2. The van der Waals surface area contributed by atoms with Gasteiger partial charge in [-0.3, -0.25) is 9.69 Å². The van der Waals surface area contributed by atoms with Gasteiger partial charge in [-0.15, -0.1) is 0 Å². The van der Waals surface area contributed by atoms with Crippen LogP contribution in [0.2, 0.25) is 0 Å². The molecule has 0 saturated carbocycles. The van der Waals surface area contributed by atoms with E-state index in [1.807, 2.05) is 38.2 Å². The molecule has 1 amide bonds. The molecule has 0 radical (unpaired) electrons. The Morgan fingerprint density at radius 2 is 1.84 bits per heavy atom. The zero-order valence-corrected chi connectivity index (χ0v) is 22.1. The number of aromatic nitrogens is 1. The van der Waals surface area contributed by atoms with Crippen molar-refractivity contribution < 1.29 is 19.0 Å². The van der Waals surface area contributed by atoms with Crippen molar-refractivity contribution in [2.75, 3.05) is 54.0 Å². The molecule has 0 atom stereocenters. The van der Waals surface area contributed by atoms with Crippen LogP contribution in [0.3, 0.4) is 0 Å².